The molecule has 138 valence electrons. The molecule has 1 aromatic carbocycles. The number of halogens is 1. The summed E-state index contributed by atoms with van der Waals surface area (Å²) in [6.07, 6.45) is 10.3. The Balaban J connectivity index is 1.64. The Morgan fingerprint density at radius 1 is 1.27 bits per heavy atom. The van der Waals surface area contributed by atoms with E-state index in [1.54, 1.807) is 24.9 Å². The van der Waals surface area contributed by atoms with Gasteiger partial charge in [0.1, 0.15) is 11.6 Å². The van der Waals surface area contributed by atoms with Crippen LogP contribution in [0.4, 0.5) is 17.5 Å². The van der Waals surface area contributed by atoms with E-state index in [0.717, 1.165) is 30.0 Å². The molecule has 0 amide bonds. The van der Waals surface area contributed by atoms with Crippen LogP contribution in [-0.2, 0) is 0 Å². The van der Waals surface area contributed by atoms with E-state index in [1.165, 1.54) is 25.7 Å². The minimum Gasteiger partial charge on any atom is -0.495 e. The predicted molar refractivity (Wildman–Crippen MR) is 108 cm³/mol. The maximum absolute atomic E-state index is 6.16. The number of hydrogen-bond acceptors (Lipinski definition) is 5. The molecule has 2 N–H and O–H groups in total. The lowest BCUT2D eigenvalue weighted by Gasteiger charge is -2.14. The number of aromatic nitrogens is 2. The van der Waals surface area contributed by atoms with E-state index >= 15 is 0 Å². The van der Waals surface area contributed by atoms with E-state index in [2.05, 4.69) is 26.7 Å². The van der Waals surface area contributed by atoms with Gasteiger partial charge in [0, 0.05) is 23.8 Å². The molecule has 0 spiro atoms. The van der Waals surface area contributed by atoms with Gasteiger partial charge in [-0.15, -0.1) is 0 Å². The SMILES string of the molecule is COc1cc(Cl)c(C)cc1Nc1nccc(NCCC2=CCCCC2)n1. The molecule has 0 unspecified atom stereocenters. The third-order valence-corrected chi connectivity index (χ3v) is 4.93. The Morgan fingerprint density at radius 2 is 2.15 bits per heavy atom. The quantitative estimate of drug-likeness (QED) is 0.629. The van der Waals surface area contributed by atoms with Crippen molar-refractivity contribution in [1.82, 2.24) is 9.97 Å². The Kier molecular flexibility index (Phi) is 6.34. The number of hydrogen-bond donors (Lipinski definition) is 2. The van der Waals surface area contributed by atoms with Crippen LogP contribution in [0.5, 0.6) is 5.75 Å². The number of allylic oxidation sites excluding steroid dienone is 1. The first kappa shape index (κ1) is 18.5. The van der Waals surface area contributed by atoms with E-state index in [9.17, 15) is 0 Å². The standard InChI is InChI=1S/C20H25ClN4O/c1-14-12-17(18(26-2)13-16(14)21)24-20-23-11-9-19(25-20)22-10-8-15-6-4-3-5-7-15/h6,9,11-13H,3-5,7-8,10H2,1-2H3,(H2,22,23,24,25). The first-order chi connectivity index (χ1) is 12.7. The van der Waals surface area contributed by atoms with Gasteiger partial charge >= 0.3 is 0 Å². The van der Waals surface area contributed by atoms with Crippen LogP contribution in [0.2, 0.25) is 5.02 Å². The lowest BCUT2D eigenvalue weighted by Crippen LogP contribution is -2.07. The Labute approximate surface area is 159 Å². The monoisotopic (exact) mass is 372 g/mol. The summed E-state index contributed by atoms with van der Waals surface area (Å²) >= 11 is 6.16. The largest absolute Gasteiger partial charge is 0.495 e. The maximum atomic E-state index is 6.16. The summed E-state index contributed by atoms with van der Waals surface area (Å²) in [4.78, 5) is 8.83. The van der Waals surface area contributed by atoms with Crippen molar-refractivity contribution in [2.24, 2.45) is 0 Å². The zero-order valence-corrected chi connectivity index (χ0v) is 16.1. The molecule has 1 aliphatic rings. The smallest absolute Gasteiger partial charge is 0.229 e. The van der Waals surface area contributed by atoms with Crippen LogP contribution in [0.15, 0.2) is 36.0 Å². The van der Waals surface area contributed by atoms with Gasteiger partial charge in [-0.05, 0) is 56.7 Å². The molecular formula is C20H25ClN4O. The van der Waals surface area contributed by atoms with Gasteiger partial charge in [0.05, 0.1) is 12.8 Å². The molecule has 1 aromatic heterocycles. The summed E-state index contributed by atoms with van der Waals surface area (Å²) in [5, 5.41) is 7.26. The summed E-state index contributed by atoms with van der Waals surface area (Å²) < 4.78 is 5.39. The van der Waals surface area contributed by atoms with Crippen molar-refractivity contribution in [2.75, 3.05) is 24.3 Å². The van der Waals surface area contributed by atoms with Crippen molar-refractivity contribution in [2.45, 2.75) is 39.0 Å². The molecule has 26 heavy (non-hydrogen) atoms. The lowest BCUT2D eigenvalue weighted by atomic mass is 9.97. The van der Waals surface area contributed by atoms with E-state index in [4.69, 9.17) is 16.3 Å². The van der Waals surface area contributed by atoms with Crippen molar-refractivity contribution in [3.05, 3.63) is 46.6 Å². The van der Waals surface area contributed by atoms with Crippen LogP contribution < -0.4 is 15.4 Å². The van der Waals surface area contributed by atoms with Gasteiger partial charge in [0.2, 0.25) is 5.95 Å². The van der Waals surface area contributed by atoms with Crippen molar-refractivity contribution < 1.29 is 4.74 Å². The van der Waals surface area contributed by atoms with Gasteiger partial charge in [-0.3, -0.25) is 0 Å². The Morgan fingerprint density at radius 3 is 2.92 bits per heavy atom. The van der Waals surface area contributed by atoms with Crippen LogP contribution in [-0.4, -0.2) is 23.6 Å². The fourth-order valence-corrected chi connectivity index (χ4v) is 3.20. The number of nitrogens with one attached hydrogen (secondary N) is 2. The summed E-state index contributed by atoms with van der Waals surface area (Å²) in [6.45, 7) is 2.83. The van der Waals surface area contributed by atoms with Gasteiger partial charge in [-0.1, -0.05) is 23.3 Å². The summed E-state index contributed by atoms with van der Waals surface area (Å²) in [5.41, 5.74) is 3.31. The summed E-state index contributed by atoms with van der Waals surface area (Å²) in [6, 6.07) is 5.60. The second-order valence-corrected chi connectivity index (χ2v) is 6.88. The fourth-order valence-electron chi connectivity index (χ4n) is 3.05. The molecule has 3 rings (SSSR count). The number of ether oxygens (including phenoxy) is 1. The highest BCUT2D eigenvalue weighted by atomic mass is 35.5. The number of rotatable bonds is 7. The first-order valence-electron chi connectivity index (χ1n) is 9.01. The fraction of sp³-hybridized carbons (Fsp3) is 0.400. The van der Waals surface area contributed by atoms with E-state index in [0.29, 0.717) is 16.7 Å². The molecule has 0 fully saturated rings. The average Bonchev–Trinajstić information content (AvgIpc) is 2.66. The van der Waals surface area contributed by atoms with Crippen LogP contribution in [0.1, 0.15) is 37.7 Å². The van der Waals surface area contributed by atoms with E-state index in [1.807, 2.05) is 19.1 Å². The van der Waals surface area contributed by atoms with Gasteiger partial charge < -0.3 is 15.4 Å². The highest BCUT2D eigenvalue weighted by molar-refractivity contribution is 6.31. The molecule has 0 saturated heterocycles. The molecule has 1 heterocycles. The zero-order chi connectivity index (χ0) is 18.4. The molecule has 0 radical (unpaired) electrons. The summed E-state index contributed by atoms with van der Waals surface area (Å²) in [7, 11) is 1.62. The van der Waals surface area contributed by atoms with Gasteiger partial charge in [0.25, 0.3) is 0 Å². The second-order valence-electron chi connectivity index (χ2n) is 6.48. The van der Waals surface area contributed by atoms with Crippen LogP contribution in [0, 0.1) is 6.92 Å². The number of benzene rings is 1. The van der Waals surface area contributed by atoms with Crippen molar-refractivity contribution in [3.63, 3.8) is 0 Å². The van der Waals surface area contributed by atoms with E-state index < -0.39 is 0 Å². The highest BCUT2D eigenvalue weighted by Gasteiger charge is 2.09. The minimum atomic E-state index is 0.520. The first-order valence-corrected chi connectivity index (χ1v) is 9.39. The molecule has 0 aliphatic heterocycles. The predicted octanol–water partition coefficient (Wildman–Crippen LogP) is 5.49. The van der Waals surface area contributed by atoms with E-state index in [-0.39, 0.29) is 0 Å². The minimum absolute atomic E-state index is 0.520. The maximum Gasteiger partial charge on any atom is 0.229 e. The normalized spacial score (nSPS) is 13.9. The van der Waals surface area contributed by atoms with Crippen molar-refractivity contribution in [1.29, 1.82) is 0 Å². The van der Waals surface area contributed by atoms with Crippen LogP contribution >= 0.6 is 11.6 Å². The molecule has 2 aromatic rings. The van der Waals surface area contributed by atoms with Gasteiger partial charge in [-0.25, -0.2) is 4.98 Å². The highest BCUT2D eigenvalue weighted by Crippen LogP contribution is 2.32. The average molecular weight is 373 g/mol. The van der Waals surface area contributed by atoms with Gasteiger partial charge in [0.15, 0.2) is 0 Å². The number of anilines is 3. The molecule has 6 heteroatoms. The molecular weight excluding hydrogens is 348 g/mol. The Bertz CT molecular complexity index is 791. The second kappa shape index (κ2) is 8.90. The molecule has 5 nitrogen and oxygen atoms in total. The molecule has 0 atom stereocenters. The number of methoxy groups -OCH3 is 1. The zero-order valence-electron chi connectivity index (χ0n) is 15.3. The Hall–Kier alpha value is -2.27. The summed E-state index contributed by atoms with van der Waals surface area (Å²) in [5.74, 6) is 1.99. The van der Waals surface area contributed by atoms with Crippen molar-refractivity contribution >= 4 is 29.1 Å². The molecule has 0 saturated carbocycles. The lowest BCUT2D eigenvalue weighted by molar-refractivity contribution is 0.416. The van der Waals surface area contributed by atoms with Crippen LogP contribution in [0.3, 0.4) is 0 Å². The molecule has 0 bridgehead atoms. The number of nitrogens with zero attached hydrogens (tertiary/aromatic N) is 2. The number of aryl methyl sites for hydroxylation is 1. The third-order valence-electron chi connectivity index (χ3n) is 4.52. The molecule has 1 aliphatic carbocycles. The topological polar surface area (TPSA) is 59.1 Å². The third kappa shape index (κ3) is 4.88. The van der Waals surface area contributed by atoms with Gasteiger partial charge in [-0.2, -0.15) is 4.98 Å². The van der Waals surface area contributed by atoms with Crippen LogP contribution in [0.25, 0.3) is 0 Å². The van der Waals surface area contributed by atoms with Crippen molar-refractivity contribution in [3.8, 4) is 5.75 Å².